The number of phenolic OH excluding ortho intramolecular Hbond substituents is 1. The number of nitrogens with zero attached hydrogens (tertiary/aromatic N) is 1. The van der Waals surface area contributed by atoms with Crippen molar-refractivity contribution in [3.8, 4) is 17.0 Å². The Morgan fingerprint density at radius 1 is 1.25 bits per heavy atom. The Hall–Kier alpha value is -1.97. The van der Waals surface area contributed by atoms with E-state index in [4.69, 9.17) is 0 Å². The van der Waals surface area contributed by atoms with Crippen LogP contribution >= 0.6 is 0 Å². The number of hydrogen-bond acceptors (Lipinski definition) is 3. The molecule has 16 heavy (non-hydrogen) atoms. The van der Waals surface area contributed by atoms with Gasteiger partial charge >= 0.3 is 0 Å². The Labute approximate surface area is 93.3 Å². The Balaban J connectivity index is 2.13. The van der Waals surface area contributed by atoms with Crippen LogP contribution in [0.15, 0.2) is 24.3 Å². The zero-order valence-corrected chi connectivity index (χ0v) is 8.83. The first-order valence-electron chi connectivity index (χ1n) is 5.46. The number of nitrogens with one attached hydrogen (secondary N) is 2. The number of aromatic amines is 1. The number of para-hydroxylation sites is 1. The van der Waals surface area contributed by atoms with Crippen LogP contribution < -0.4 is 5.32 Å². The van der Waals surface area contributed by atoms with Crippen LogP contribution in [-0.4, -0.2) is 21.8 Å². The summed E-state index contributed by atoms with van der Waals surface area (Å²) in [6.45, 7) is 0.965. The predicted octanol–water partition coefficient (Wildman–Crippen LogP) is 2.14. The van der Waals surface area contributed by atoms with Crippen LogP contribution in [0.4, 0.5) is 5.69 Å². The van der Waals surface area contributed by atoms with Gasteiger partial charge in [0.1, 0.15) is 11.4 Å². The maximum Gasteiger partial charge on any atom is 0.125 e. The zero-order chi connectivity index (χ0) is 11.0. The molecule has 3 rings (SSSR count). The highest BCUT2D eigenvalue weighted by atomic mass is 16.3. The Morgan fingerprint density at radius 2 is 2.12 bits per heavy atom. The summed E-state index contributed by atoms with van der Waals surface area (Å²) in [6, 6.07) is 7.27. The van der Waals surface area contributed by atoms with Crippen molar-refractivity contribution in [2.45, 2.75) is 12.8 Å². The molecule has 0 radical (unpaired) electrons. The quantitative estimate of drug-likeness (QED) is 0.683. The lowest BCUT2D eigenvalue weighted by Crippen LogP contribution is -2.10. The first kappa shape index (κ1) is 9.27. The number of anilines is 1. The molecule has 0 atom stereocenters. The van der Waals surface area contributed by atoms with E-state index in [-0.39, 0.29) is 5.75 Å². The molecule has 1 aliphatic rings. The molecule has 0 saturated carbocycles. The summed E-state index contributed by atoms with van der Waals surface area (Å²) >= 11 is 0. The molecule has 0 fully saturated rings. The number of rotatable bonds is 1. The molecule has 2 heterocycles. The van der Waals surface area contributed by atoms with E-state index in [0.717, 1.165) is 42.0 Å². The van der Waals surface area contributed by atoms with Crippen LogP contribution in [0.5, 0.6) is 5.75 Å². The fourth-order valence-corrected chi connectivity index (χ4v) is 2.10. The summed E-state index contributed by atoms with van der Waals surface area (Å²) in [5.74, 6) is 0.268. The third kappa shape index (κ3) is 1.34. The van der Waals surface area contributed by atoms with Crippen molar-refractivity contribution in [3.63, 3.8) is 0 Å². The minimum Gasteiger partial charge on any atom is -0.507 e. The minimum atomic E-state index is 0.268. The van der Waals surface area contributed by atoms with E-state index < -0.39 is 0 Å². The van der Waals surface area contributed by atoms with Gasteiger partial charge in [-0.15, -0.1) is 0 Å². The van der Waals surface area contributed by atoms with Crippen molar-refractivity contribution < 1.29 is 5.11 Å². The number of aromatic nitrogens is 2. The lowest BCUT2D eigenvalue weighted by atomic mass is 10.1. The third-order valence-corrected chi connectivity index (χ3v) is 2.91. The fraction of sp³-hybridized carbons (Fsp3) is 0.250. The Kier molecular flexibility index (Phi) is 2.06. The highest BCUT2D eigenvalue weighted by Gasteiger charge is 2.19. The molecular formula is C12H13N3O. The van der Waals surface area contributed by atoms with Crippen molar-refractivity contribution in [3.05, 3.63) is 30.0 Å². The minimum absolute atomic E-state index is 0.268. The lowest BCUT2D eigenvalue weighted by Gasteiger charge is -2.14. The molecule has 4 nitrogen and oxygen atoms in total. The Bertz CT molecular complexity index is 519. The van der Waals surface area contributed by atoms with Crippen molar-refractivity contribution in [1.29, 1.82) is 0 Å². The van der Waals surface area contributed by atoms with E-state index in [2.05, 4.69) is 15.5 Å². The molecule has 0 bridgehead atoms. The van der Waals surface area contributed by atoms with Crippen molar-refractivity contribution in [2.75, 3.05) is 11.9 Å². The van der Waals surface area contributed by atoms with Gasteiger partial charge in [0.05, 0.1) is 11.4 Å². The maximum atomic E-state index is 9.80. The summed E-state index contributed by atoms with van der Waals surface area (Å²) in [6.07, 6.45) is 2.14. The molecule has 3 N–H and O–H groups in total. The predicted molar refractivity (Wildman–Crippen MR) is 62.5 cm³/mol. The number of H-pyrrole nitrogens is 1. The molecule has 0 saturated heterocycles. The van der Waals surface area contributed by atoms with Crippen LogP contribution in [-0.2, 0) is 6.42 Å². The lowest BCUT2D eigenvalue weighted by molar-refractivity contribution is 0.477. The molecule has 0 amide bonds. The molecule has 1 aliphatic heterocycles. The van der Waals surface area contributed by atoms with Gasteiger partial charge in [-0.1, -0.05) is 12.1 Å². The smallest absolute Gasteiger partial charge is 0.125 e. The van der Waals surface area contributed by atoms with E-state index in [0.29, 0.717) is 0 Å². The number of phenols is 1. The molecular weight excluding hydrogens is 202 g/mol. The molecule has 1 aromatic heterocycles. The number of benzene rings is 1. The molecule has 0 spiro atoms. The maximum absolute atomic E-state index is 9.80. The van der Waals surface area contributed by atoms with Gasteiger partial charge in [0.2, 0.25) is 0 Å². The van der Waals surface area contributed by atoms with E-state index in [1.807, 2.05) is 18.2 Å². The second-order valence-electron chi connectivity index (χ2n) is 3.97. The van der Waals surface area contributed by atoms with E-state index in [1.165, 1.54) is 0 Å². The second kappa shape index (κ2) is 3.56. The number of aryl methyl sites for hydroxylation is 1. The van der Waals surface area contributed by atoms with Gasteiger partial charge in [0.25, 0.3) is 0 Å². The second-order valence-corrected chi connectivity index (χ2v) is 3.97. The molecule has 2 aromatic rings. The number of fused-ring (bicyclic) bond motifs is 1. The first-order valence-corrected chi connectivity index (χ1v) is 5.46. The van der Waals surface area contributed by atoms with Gasteiger partial charge < -0.3 is 10.4 Å². The first-order chi connectivity index (χ1) is 7.86. The van der Waals surface area contributed by atoms with Gasteiger partial charge in [-0.3, -0.25) is 5.10 Å². The monoisotopic (exact) mass is 215 g/mol. The zero-order valence-electron chi connectivity index (χ0n) is 8.83. The number of aromatic hydroxyl groups is 1. The fourth-order valence-electron chi connectivity index (χ4n) is 2.10. The van der Waals surface area contributed by atoms with Crippen molar-refractivity contribution in [1.82, 2.24) is 10.2 Å². The molecule has 4 heteroatoms. The summed E-state index contributed by atoms with van der Waals surface area (Å²) < 4.78 is 0. The summed E-state index contributed by atoms with van der Waals surface area (Å²) in [5.41, 5.74) is 3.75. The van der Waals surface area contributed by atoms with Crippen LogP contribution in [0.25, 0.3) is 11.3 Å². The molecule has 1 aromatic carbocycles. The average molecular weight is 215 g/mol. The molecule has 0 unspecified atom stereocenters. The molecule has 0 aliphatic carbocycles. The highest BCUT2D eigenvalue weighted by Crippen LogP contribution is 2.35. The third-order valence-electron chi connectivity index (χ3n) is 2.91. The van der Waals surface area contributed by atoms with Crippen LogP contribution in [0.2, 0.25) is 0 Å². The number of hydrogen-bond donors (Lipinski definition) is 3. The van der Waals surface area contributed by atoms with E-state index >= 15 is 0 Å². The van der Waals surface area contributed by atoms with Gasteiger partial charge in [-0.25, -0.2) is 0 Å². The van der Waals surface area contributed by atoms with Crippen LogP contribution in [0.1, 0.15) is 12.1 Å². The summed E-state index contributed by atoms with van der Waals surface area (Å²) in [7, 11) is 0. The van der Waals surface area contributed by atoms with Crippen LogP contribution in [0.3, 0.4) is 0 Å². The van der Waals surface area contributed by atoms with Gasteiger partial charge in [-0.05, 0) is 25.0 Å². The Morgan fingerprint density at radius 3 is 3.00 bits per heavy atom. The van der Waals surface area contributed by atoms with Gasteiger partial charge in [-0.2, -0.15) is 5.10 Å². The normalized spacial score (nSPS) is 14.2. The molecule has 82 valence electrons. The summed E-state index contributed by atoms with van der Waals surface area (Å²) in [5, 5.41) is 20.4. The van der Waals surface area contributed by atoms with Crippen LogP contribution in [0, 0.1) is 0 Å². The van der Waals surface area contributed by atoms with Gasteiger partial charge in [0, 0.05) is 12.1 Å². The van der Waals surface area contributed by atoms with E-state index in [9.17, 15) is 5.11 Å². The standard InChI is InChI=1S/C12H13N3O/c16-10-6-2-1-4-8(10)11-12-9(14-15-11)5-3-7-13-12/h1-2,4,6,13,16H,3,5,7H2,(H,14,15). The topological polar surface area (TPSA) is 60.9 Å². The summed E-state index contributed by atoms with van der Waals surface area (Å²) in [4.78, 5) is 0. The van der Waals surface area contributed by atoms with Crippen molar-refractivity contribution in [2.24, 2.45) is 0 Å². The average Bonchev–Trinajstić information content (AvgIpc) is 2.74. The van der Waals surface area contributed by atoms with Gasteiger partial charge in [0.15, 0.2) is 0 Å². The van der Waals surface area contributed by atoms with Crippen molar-refractivity contribution >= 4 is 5.69 Å². The highest BCUT2D eigenvalue weighted by molar-refractivity contribution is 5.80. The largest absolute Gasteiger partial charge is 0.507 e. The SMILES string of the molecule is Oc1ccccc1-c1n[nH]c2c1NCCC2. The van der Waals surface area contributed by atoms with E-state index in [1.54, 1.807) is 6.07 Å².